The van der Waals surface area contributed by atoms with Crippen LogP contribution in [0.3, 0.4) is 0 Å². The van der Waals surface area contributed by atoms with Crippen molar-refractivity contribution in [1.29, 1.82) is 0 Å². The second kappa shape index (κ2) is 8.68. The molecule has 29 heavy (non-hydrogen) atoms. The Morgan fingerprint density at radius 1 is 1.41 bits per heavy atom. The van der Waals surface area contributed by atoms with E-state index in [1.54, 1.807) is 6.08 Å². The van der Waals surface area contributed by atoms with Gasteiger partial charge in [0.05, 0.1) is 18.9 Å². The van der Waals surface area contributed by atoms with Crippen LogP contribution in [0.15, 0.2) is 40.4 Å². The minimum Gasteiger partial charge on any atom is -0.493 e. The van der Waals surface area contributed by atoms with Crippen LogP contribution < -0.4 is 10.1 Å². The molecule has 1 heterocycles. The number of ether oxygens (including phenoxy) is 1. The zero-order valence-electron chi connectivity index (χ0n) is 16.7. The highest BCUT2D eigenvalue weighted by molar-refractivity contribution is 5.96. The summed E-state index contributed by atoms with van der Waals surface area (Å²) in [5.74, 6) is 2.81. The van der Waals surface area contributed by atoms with Crippen LogP contribution in [0.1, 0.15) is 44.4 Å². The van der Waals surface area contributed by atoms with Crippen LogP contribution in [0.25, 0.3) is 11.1 Å². The van der Waals surface area contributed by atoms with Gasteiger partial charge in [-0.05, 0) is 49.8 Å². The normalized spacial score (nSPS) is 21.5. The van der Waals surface area contributed by atoms with Gasteiger partial charge in [0, 0.05) is 24.8 Å². The Labute approximate surface area is 170 Å². The zero-order chi connectivity index (χ0) is 20.2. The second-order valence-corrected chi connectivity index (χ2v) is 7.84. The van der Waals surface area contributed by atoms with Gasteiger partial charge in [0.25, 0.3) is 0 Å². The number of carbonyl (C=O) groups excluding carboxylic acids is 1. The summed E-state index contributed by atoms with van der Waals surface area (Å²) in [7, 11) is 0. The lowest BCUT2D eigenvalue weighted by Gasteiger charge is -2.32. The van der Waals surface area contributed by atoms with Crippen molar-refractivity contribution in [1.82, 2.24) is 10.3 Å². The molecule has 7 nitrogen and oxygen atoms in total. The lowest BCUT2D eigenvalue weighted by atomic mass is 9.72. The number of nitrogens with zero attached hydrogens (tertiary/aromatic N) is 2. The number of amides is 1. The topological polar surface area (TPSA) is 86.0 Å². The molecule has 0 saturated heterocycles. The van der Waals surface area contributed by atoms with Crippen LogP contribution in [0.5, 0.6) is 5.75 Å². The molecule has 1 amide bonds. The molecule has 0 radical (unpaired) electrons. The zero-order valence-corrected chi connectivity index (χ0v) is 16.7. The van der Waals surface area contributed by atoms with Crippen molar-refractivity contribution in [3.63, 3.8) is 0 Å². The average Bonchev–Trinajstić information content (AvgIpc) is 3.41. The van der Waals surface area contributed by atoms with Gasteiger partial charge in [0.2, 0.25) is 5.91 Å². The Kier molecular flexibility index (Phi) is 5.83. The molecular formula is C22H27N3O4. The predicted molar refractivity (Wildman–Crippen MR) is 110 cm³/mol. The molecule has 2 aliphatic carbocycles. The van der Waals surface area contributed by atoms with Crippen molar-refractivity contribution in [3.8, 4) is 5.75 Å². The molecule has 1 aromatic heterocycles. The summed E-state index contributed by atoms with van der Waals surface area (Å²) in [4.78, 5) is 20.8. The van der Waals surface area contributed by atoms with E-state index in [4.69, 9.17) is 14.0 Å². The van der Waals surface area contributed by atoms with Crippen LogP contribution in [0.2, 0.25) is 0 Å². The smallest absolute Gasteiger partial charge is 0.216 e. The number of hydrogen-bond donors (Lipinski definition) is 1. The van der Waals surface area contributed by atoms with Crippen LogP contribution in [-0.4, -0.2) is 36.4 Å². The first kappa shape index (κ1) is 19.5. The summed E-state index contributed by atoms with van der Waals surface area (Å²) in [6, 6.07) is 5.85. The van der Waals surface area contributed by atoms with Gasteiger partial charge in [-0.25, -0.2) is 4.98 Å². The van der Waals surface area contributed by atoms with Crippen molar-refractivity contribution >= 4 is 22.7 Å². The van der Waals surface area contributed by atoms with Gasteiger partial charge in [-0.2, -0.15) is 0 Å². The van der Waals surface area contributed by atoms with Gasteiger partial charge in [0.1, 0.15) is 17.9 Å². The molecule has 2 saturated carbocycles. The second-order valence-electron chi connectivity index (χ2n) is 7.84. The fourth-order valence-corrected chi connectivity index (χ4v) is 3.42. The first-order valence-electron chi connectivity index (χ1n) is 10.2. The quantitative estimate of drug-likeness (QED) is 0.374. The van der Waals surface area contributed by atoms with Gasteiger partial charge in [-0.15, -0.1) is 0 Å². The fourth-order valence-electron chi connectivity index (χ4n) is 3.42. The van der Waals surface area contributed by atoms with Crippen LogP contribution in [-0.2, 0) is 9.63 Å². The van der Waals surface area contributed by atoms with E-state index in [0.717, 1.165) is 53.8 Å². The number of hydrogen-bond acceptors (Lipinski definition) is 6. The summed E-state index contributed by atoms with van der Waals surface area (Å²) in [5, 5.41) is 6.83. The molecule has 2 fully saturated rings. The van der Waals surface area contributed by atoms with Crippen molar-refractivity contribution in [3.05, 3.63) is 36.7 Å². The molecule has 0 atom stereocenters. The summed E-state index contributed by atoms with van der Waals surface area (Å²) in [5.41, 5.74) is 2.47. The van der Waals surface area contributed by atoms with E-state index in [9.17, 15) is 4.79 Å². The molecule has 4 rings (SSSR count). The Hall–Kier alpha value is -2.83. The number of nitrogens with one attached hydrogen (secondary N) is 1. The summed E-state index contributed by atoms with van der Waals surface area (Å²) in [6.07, 6.45) is 6.08. The van der Waals surface area contributed by atoms with Crippen molar-refractivity contribution in [2.45, 2.75) is 38.5 Å². The van der Waals surface area contributed by atoms with E-state index in [2.05, 4.69) is 22.0 Å². The Bertz CT molecular complexity index is 910. The molecule has 1 aromatic carbocycles. The maximum absolute atomic E-state index is 10.8. The minimum absolute atomic E-state index is 0.0803. The van der Waals surface area contributed by atoms with Gasteiger partial charge in [-0.3, -0.25) is 4.79 Å². The largest absolute Gasteiger partial charge is 0.493 e. The lowest BCUT2D eigenvalue weighted by Crippen LogP contribution is -2.29. The number of allylic oxidation sites excluding steroid dienone is 1. The molecule has 0 aliphatic heterocycles. The first-order chi connectivity index (χ1) is 14.1. The molecule has 0 unspecified atom stereocenters. The van der Waals surface area contributed by atoms with Gasteiger partial charge < -0.3 is 19.3 Å². The highest BCUT2D eigenvalue weighted by Crippen LogP contribution is 2.43. The van der Waals surface area contributed by atoms with Gasteiger partial charge >= 0.3 is 0 Å². The lowest BCUT2D eigenvalue weighted by molar-refractivity contribution is -0.119. The highest BCUT2D eigenvalue weighted by atomic mass is 16.6. The first-order valence-corrected chi connectivity index (χ1v) is 10.2. The van der Waals surface area contributed by atoms with Crippen molar-refractivity contribution < 1.29 is 18.8 Å². The minimum atomic E-state index is -0.0803. The molecule has 0 spiro atoms. The summed E-state index contributed by atoms with van der Waals surface area (Å²) < 4.78 is 11.8. The third-order valence-corrected chi connectivity index (χ3v) is 5.41. The number of oxime groups is 1. The standard InChI is InChI=1S/C22H27N3O4/c1-3-19(25-28-9-8-23-14(2)26)16-10-17(11-16)22-24-20-7-6-18(12-21(20)29-22)27-13-15-4-5-15/h3,6-7,12,15-17H,1,4-5,8-11,13H2,2H3,(H,23,26)/b25-19+. The number of rotatable bonds is 10. The van der Waals surface area contributed by atoms with E-state index in [-0.39, 0.29) is 17.7 Å². The number of fused-ring (bicyclic) bond motifs is 1. The number of benzene rings is 1. The summed E-state index contributed by atoms with van der Waals surface area (Å²) >= 11 is 0. The molecule has 1 N–H and O–H groups in total. The number of aromatic nitrogens is 1. The molecule has 154 valence electrons. The predicted octanol–water partition coefficient (Wildman–Crippen LogP) is 3.80. The Morgan fingerprint density at radius 2 is 2.24 bits per heavy atom. The molecule has 7 heteroatoms. The van der Waals surface area contributed by atoms with Crippen molar-refractivity contribution in [2.75, 3.05) is 19.8 Å². The highest BCUT2D eigenvalue weighted by Gasteiger charge is 2.36. The Morgan fingerprint density at radius 3 is 2.97 bits per heavy atom. The molecular weight excluding hydrogens is 370 g/mol. The summed E-state index contributed by atoms with van der Waals surface area (Å²) in [6.45, 7) is 6.87. The molecule has 2 aliphatic rings. The monoisotopic (exact) mass is 397 g/mol. The molecule has 2 aromatic rings. The third kappa shape index (κ3) is 4.96. The van der Waals surface area contributed by atoms with Crippen LogP contribution in [0, 0.1) is 11.8 Å². The van der Waals surface area contributed by atoms with Gasteiger partial charge in [0.15, 0.2) is 11.5 Å². The van der Waals surface area contributed by atoms with E-state index >= 15 is 0 Å². The molecule has 0 bridgehead atoms. The van der Waals surface area contributed by atoms with Crippen LogP contribution >= 0.6 is 0 Å². The number of carbonyl (C=O) groups is 1. The fraction of sp³-hybridized carbons (Fsp3) is 0.500. The Balaban J connectivity index is 1.30. The van der Waals surface area contributed by atoms with Gasteiger partial charge in [-0.1, -0.05) is 11.7 Å². The maximum Gasteiger partial charge on any atom is 0.216 e. The van der Waals surface area contributed by atoms with Crippen molar-refractivity contribution in [2.24, 2.45) is 17.0 Å². The van der Waals surface area contributed by atoms with E-state index < -0.39 is 0 Å². The SMILES string of the molecule is C=C/C(=N\OCCNC(C)=O)C1CC(c2nc3ccc(OCC4CC4)cc3o2)C1. The van der Waals surface area contributed by atoms with E-state index in [0.29, 0.717) is 13.2 Å². The van der Waals surface area contributed by atoms with Crippen LogP contribution in [0.4, 0.5) is 0 Å². The van der Waals surface area contributed by atoms with E-state index in [1.807, 2.05) is 18.2 Å². The number of oxazole rings is 1. The average molecular weight is 397 g/mol. The maximum atomic E-state index is 10.8. The third-order valence-electron chi connectivity index (χ3n) is 5.41. The van der Waals surface area contributed by atoms with E-state index in [1.165, 1.54) is 19.8 Å².